The minimum absolute atomic E-state index is 0.0737. The van der Waals surface area contributed by atoms with Crippen LogP contribution in [-0.4, -0.2) is 19.6 Å². The van der Waals surface area contributed by atoms with Crippen molar-refractivity contribution in [1.29, 1.82) is 0 Å². The Balaban J connectivity index is 2.04. The molecule has 1 N–H and O–H groups in total. The lowest BCUT2D eigenvalue weighted by Crippen LogP contribution is -2.25. The second kappa shape index (κ2) is 7.63. The first-order valence-electron chi connectivity index (χ1n) is 7.98. The summed E-state index contributed by atoms with van der Waals surface area (Å²) in [4.78, 5) is 2.22. The summed E-state index contributed by atoms with van der Waals surface area (Å²) >= 11 is 0. The minimum atomic E-state index is -0.0737. The zero-order chi connectivity index (χ0) is 14.4. The highest BCUT2D eigenvalue weighted by molar-refractivity contribution is 5.49. The molecule has 1 aromatic carbocycles. The third kappa shape index (κ3) is 3.95. The smallest absolute Gasteiger partial charge is 0.146 e. The van der Waals surface area contributed by atoms with Crippen LogP contribution in [0.2, 0.25) is 0 Å². The number of halogens is 1. The first-order chi connectivity index (χ1) is 9.74. The second-order valence-corrected chi connectivity index (χ2v) is 5.76. The largest absolute Gasteiger partial charge is 0.369 e. The summed E-state index contributed by atoms with van der Waals surface area (Å²) < 4.78 is 14.3. The highest BCUT2D eigenvalue weighted by Gasteiger charge is 2.18. The molecule has 0 aliphatic carbocycles. The van der Waals surface area contributed by atoms with E-state index < -0.39 is 0 Å². The molecule has 1 unspecified atom stereocenters. The molecule has 2 rings (SSSR count). The Labute approximate surface area is 122 Å². The Morgan fingerprint density at radius 1 is 1.25 bits per heavy atom. The molecule has 1 saturated heterocycles. The van der Waals surface area contributed by atoms with Crippen molar-refractivity contribution in [3.63, 3.8) is 0 Å². The maximum absolute atomic E-state index is 14.3. The Hall–Kier alpha value is -1.09. The van der Waals surface area contributed by atoms with Crippen LogP contribution < -0.4 is 10.2 Å². The first-order valence-corrected chi connectivity index (χ1v) is 7.98. The highest BCUT2D eigenvalue weighted by atomic mass is 19.1. The summed E-state index contributed by atoms with van der Waals surface area (Å²) in [5.74, 6) is 0.742. The number of nitrogens with one attached hydrogen (secondary N) is 1. The lowest BCUT2D eigenvalue weighted by Gasteiger charge is -2.23. The van der Waals surface area contributed by atoms with Crippen LogP contribution in [0.3, 0.4) is 0 Å². The van der Waals surface area contributed by atoms with E-state index in [4.69, 9.17) is 0 Å². The summed E-state index contributed by atoms with van der Waals surface area (Å²) in [6, 6.07) is 5.68. The van der Waals surface area contributed by atoms with Crippen molar-refractivity contribution in [2.45, 2.75) is 46.1 Å². The fraction of sp³-hybridized carbons (Fsp3) is 0.647. The van der Waals surface area contributed by atoms with Crippen molar-refractivity contribution in [3.8, 4) is 0 Å². The van der Waals surface area contributed by atoms with Crippen molar-refractivity contribution in [1.82, 2.24) is 5.32 Å². The van der Waals surface area contributed by atoms with Gasteiger partial charge in [-0.15, -0.1) is 0 Å². The van der Waals surface area contributed by atoms with Gasteiger partial charge in [-0.2, -0.15) is 0 Å². The van der Waals surface area contributed by atoms with Crippen LogP contribution in [0.15, 0.2) is 18.2 Å². The quantitative estimate of drug-likeness (QED) is 0.877. The van der Waals surface area contributed by atoms with Gasteiger partial charge in [-0.05, 0) is 49.4 Å². The molecular formula is C17H27FN2. The molecule has 0 radical (unpaired) electrons. The average molecular weight is 278 g/mol. The Kier molecular flexibility index (Phi) is 5.84. The van der Waals surface area contributed by atoms with Gasteiger partial charge in [0, 0.05) is 19.6 Å². The van der Waals surface area contributed by atoms with Gasteiger partial charge in [-0.25, -0.2) is 4.39 Å². The molecule has 0 spiro atoms. The second-order valence-electron chi connectivity index (χ2n) is 5.76. The van der Waals surface area contributed by atoms with E-state index in [-0.39, 0.29) is 5.82 Å². The fourth-order valence-corrected chi connectivity index (χ4v) is 3.00. The third-order valence-corrected chi connectivity index (χ3v) is 4.36. The normalized spacial score (nSPS) is 19.9. The van der Waals surface area contributed by atoms with Gasteiger partial charge in [-0.1, -0.05) is 26.3 Å². The molecule has 1 atom stereocenters. The van der Waals surface area contributed by atoms with Gasteiger partial charge in [0.05, 0.1) is 5.69 Å². The third-order valence-electron chi connectivity index (χ3n) is 4.36. The van der Waals surface area contributed by atoms with Crippen molar-refractivity contribution < 1.29 is 4.39 Å². The maximum Gasteiger partial charge on any atom is 0.146 e. The molecule has 0 saturated carbocycles. The van der Waals surface area contributed by atoms with Gasteiger partial charge >= 0.3 is 0 Å². The number of benzene rings is 1. The highest BCUT2D eigenvalue weighted by Crippen LogP contribution is 2.26. The van der Waals surface area contributed by atoms with Crippen LogP contribution in [0.4, 0.5) is 10.1 Å². The lowest BCUT2D eigenvalue weighted by atomic mass is 9.98. The number of anilines is 1. The molecule has 1 fully saturated rings. The molecule has 2 nitrogen and oxygen atoms in total. The molecule has 1 aromatic rings. The van der Waals surface area contributed by atoms with E-state index in [1.165, 1.54) is 25.7 Å². The van der Waals surface area contributed by atoms with E-state index in [0.29, 0.717) is 0 Å². The van der Waals surface area contributed by atoms with Crippen LogP contribution in [0.25, 0.3) is 0 Å². The molecule has 112 valence electrons. The first kappa shape index (κ1) is 15.3. The summed E-state index contributed by atoms with van der Waals surface area (Å²) in [7, 11) is 0. The van der Waals surface area contributed by atoms with E-state index in [2.05, 4.69) is 24.1 Å². The summed E-state index contributed by atoms with van der Waals surface area (Å²) in [6.45, 7) is 7.95. The van der Waals surface area contributed by atoms with E-state index in [1.807, 2.05) is 12.1 Å². The summed E-state index contributed by atoms with van der Waals surface area (Å²) in [6.07, 6.45) is 4.90. The van der Waals surface area contributed by atoms with E-state index >= 15 is 0 Å². The van der Waals surface area contributed by atoms with E-state index in [1.54, 1.807) is 6.07 Å². The van der Waals surface area contributed by atoms with Gasteiger partial charge in [-0.3, -0.25) is 0 Å². The average Bonchev–Trinajstić information content (AvgIpc) is 2.70. The standard InChI is InChI=1S/C17H27FN2/c1-3-14-6-5-10-20(11-9-14)17-8-7-15(12-16(17)18)13-19-4-2/h7-8,12,14,19H,3-6,9-11,13H2,1-2H3. The molecule has 1 aliphatic heterocycles. The Bertz CT molecular complexity index is 419. The summed E-state index contributed by atoms with van der Waals surface area (Å²) in [5.41, 5.74) is 1.80. The van der Waals surface area contributed by atoms with Crippen molar-refractivity contribution in [2.24, 2.45) is 5.92 Å². The van der Waals surface area contributed by atoms with E-state index in [9.17, 15) is 4.39 Å². The molecule has 1 heterocycles. The van der Waals surface area contributed by atoms with Gasteiger partial charge < -0.3 is 10.2 Å². The number of nitrogens with zero attached hydrogens (tertiary/aromatic N) is 1. The van der Waals surface area contributed by atoms with Gasteiger partial charge in [0.2, 0.25) is 0 Å². The maximum atomic E-state index is 14.3. The Morgan fingerprint density at radius 3 is 2.80 bits per heavy atom. The minimum Gasteiger partial charge on any atom is -0.369 e. The van der Waals surface area contributed by atoms with Gasteiger partial charge in [0.1, 0.15) is 5.82 Å². The van der Waals surface area contributed by atoms with Crippen LogP contribution in [0.1, 0.15) is 45.1 Å². The molecular weight excluding hydrogens is 251 g/mol. The van der Waals surface area contributed by atoms with Crippen molar-refractivity contribution in [2.75, 3.05) is 24.5 Å². The van der Waals surface area contributed by atoms with Gasteiger partial charge in [0.15, 0.2) is 0 Å². The predicted molar refractivity (Wildman–Crippen MR) is 83.6 cm³/mol. The van der Waals surface area contributed by atoms with Gasteiger partial charge in [0.25, 0.3) is 0 Å². The zero-order valence-corrected chi connectivity index (χ0v) is 12.8. The zero-order valence-electron chi connectivity index (χ0n) is 12.8. The van der Waals surface area contributed by atoms with Crippen molar-refractivity contribution >= 4 is 5.69 Å². The molecule has 3 heteroatoms. The SMILES string of the molecule is CCNCc1ccc(N2CCCC(CC)CC2)c(F)c1. The number of hydrogen-bond donors (Lipinski definition) is 1. The molecule has 20 heavy (non-hydrogen) atoms. The fourth-order valence-electron chi connectivity index (χ4n) is 3.00. The van der Waals surface area contributed by atoms with Crippen LogP contribution in [-0.2, 0) is 6.54 Å². The molecule has 0 bridgehead atoms. The summed E-state index contributed by atoms with van der Waals surface area (Å²) in [5, 5.41) is 3.23. The predicted octanol–water partition coefficient (Wildman–Crippen LogP) is 3.95. The molecule has 0 amide bonds. The monoisotopic (exact) mass is 278 g/mol. The number of rotatable bonds is 5. The topological polar surface area (TPSA) is 15.3 Å². The molecule has 1 aliphatic rings. The number of hydrogen-bond acceptors (Lipinski definition) is 2. The van der Waals surface area contributed by atoms with Crippen LogP contribution >= 0.6 is 0 Å². The lowest BCUT2D eigenvalue weighted by molar-refractivity contribution is 0.459. The van der Waals surface area contributed by atoms with Crippen LogP contribution in [0.5, 0.6) is 0 Å². The van der Waals surface area contributed by atoms with Crippen molar-refractivity contribution in [3.05, 3.63) is 29.6 Å². The van der Waals surface area contributed by atoms with E-state index in [0.717, 1.165) is 43.3 Å². The molecule has 0 aromatic heterocycles. The van der Waals surface area contributed by atoms with Crippen LogP contribution in [0, 0.1) is 11.7 Å². The Morgan fingerprint density at radius 2 is 2.10 bits per heavy atom.